The number of hydrogen-bond donors (Lipinski definition) is 2. The number of nitrogens with two attached hydrogens (primary N) is 1. The Bertz CT molecular complexity index is 1370. The Morgan fingerprint density at radius 2 is 2.05 bits per heavy atom. The fraction of sp³-hybridized carbons (Fsp3) is 0.308. The Morgan fingerprint density at radius 1 is 1.16 bits per heavy atom. The van der Waals surface area contributed by atoms with E-state index in [9.17, 15) is 4.39 Å². The standard InChI is InChI=1S/C26H29FN8O2/c27-21-4-1-3-19(13-21)17-35-24-6-5-22(14-20(24)15-31-35)33-26-23(25(28)29-18-30-26)16-32-37-10-2-7-34-8-11-36-12-9-34/h1,3-6,13-16,18H,2,7-12,17H2,(H3,28,29,30,33). The average Bonchev–Trinajstić information content (AvgIpc) is 3.30. The Balaban J connectivity index is 1.22. The van der Waals surface area contributed by atoms with E-state index < -0.39 is 0 Å². The zero-order valence-corrected chi connectivity index (χ0v) is 20.4. The van der Waals surface area contributed by atoms with Crippen molar-refractivity contribution in [3.05, 3.63) is 71.9 Å². The molecule has 37 heavy (non-hydrogen) atoms. The molecule has 3 heterocycles. The molecular formula is C26H29FN8O2. The van der Waals surface area contributed by atoms with E-state index in [1.54, 1.807) is 12.3 Å². The molecule has 4 aromatic rings. The average molecular weight is 505 g/mol. The minimum atomic E-state index is -0.262. The van der Waals surface area contributed by atoms with Gasteiger partial charge in [-0.15, -0.1) is 0 Å². The molecule has 5 rings (SSSR count). The van der Waals surface area contributed by atoms with Crippen molar-refractivity contribution >= 4 is 34.4 Å². The van der Waals surface area contributed by atoms with Crippen molar-refractivity contribution in [2.45, 2.75) is 13.0 Å². The second-order valence-corrected chi connectivity index (χ2v) is 8.73. The number of morpholine rings is 1. The van der Waals surface area contributed by atoms with Gasteiger partial charge in [-0.3, -0.25) is 9.58 Å². The van der Waals surface area contributed by atoms with Gasteiger partial charge < -0.3 is 20.6 Å². The Hall–Kier alpha value is -4.09. The van der Waals surface area contributed by atoms with E-state index in [-0.39, 0.29) is 5.82 Å². The molecule has 1 fully saturated rings. The van der Waals surface area contributed by atoms with Crippen molar-refractivity contribution in [3.8, 4) is 0 Å². The third-order valence-electron chi connectivity index (χ3n) is 6.11. The van der Waals surface area contributed by atoms with Gasteiger partial charge in [0.2, 0.25) is 0 Å². The summed E-state index contributed by atoms with van der Waals surface area (Å²) < 4.78 is 20.8. The number of rotatable bonds is 10. The molecule has 1 aliphatic rings. The van der Waals surface area contributed by atoms with Gasteiger partial charge in [0.05, 0.1) is 43.3 Å². The molecule has 10 nitrogen and oxygen atoms in total. The molecule has 0 saturated carbocycles. The molecule has 11 heteroatoms. The fourth-order valence-electron chi connectivity index (χ4n) is 4.19. The van der Waals surface area contributed by atoms with E-state index in [2.05, 4.69) is 30.4 Å². The van der Waals surface area contributed by atoms with Crippen LogP contribution in [-0.4, -0.2) is 70.3 Å². The van der Waals surface area contributed by atoms with E-state index in [4.69, 9.17) is 15.3 Å². The normalized spacial score (nSPS) is 14.4. The van der Waals surface area contributed by atoms with Crippen LogP contribution in [-0.2, 0) is 16.1 Å². The van der Waals surface area contributed by atoms with Crippen LogP contribution in [0.4, 0.5) is 21.7 Å². The summed E-state index contributed by atoms with van der Waals surface area (Å²) in [6.45, 7) is 5.40. The first-order valence-corrected chi connectivity index (χ1v) is 12.2. The molecule has 2 aromatic heterocycles. The van der Waals surface area contributed by atoms with Gasteiger partial charge in [0.25, 0.3) is 0 Å². The van der Waals surface area contributed by atoms with Gasteiger partial charge in [-0.2, -0.15) is 5.10 Å². The maximum atomic E-state index is 13.6. The highest BCUT2D eigenvalue weighted by Crippen LogP contribution is 2.24. The second-order valence-electron chi connectivity index (χ2n) is 8.73. The molecule has 0 radical (unpaired) electrons. The smallest absolute Gasteiger partial charge is 0.144 e. The molecule has 0 aliphatic carbocycles. The third-order valence-corrected chi connectivity index (χ3v) is 6.11. The van der Waals surface area contributed by atoms with Gasteiger partial charge in [0, 0.05) is 30.7 Å². The Labute approximate surface area is 213 Å². The van der Waals surface area contributed by atoms with Crippen molar-refractivity contribution in [1.82, 2.24) is 24.6 Å². The molecule has 1 aliphatic heterocycles. The van der Waals surface area contributed by atoms with E-state index in [0.717, 1.165) is 61.4 Å². The number of halogens is 1. The number of ether oxygens (including phenoxy) is 1. The van der Waals surface area contributed by atoms with Gasteiger partial charge in [-0.1, -0.05) is 17.3 Å². The number of nitrogens with one attached hydrogen (secondary N) is 1. The maximum Gasteiger partial charge on any atom is 0.144 e. The zero-order chi connectivity index (χ0) is 25.5. The molecular weight excluding hydrogens is 475 g/mol. The zero-order valence-electron chi connectivity index (χ0n) is 20.4. The van der Waals surface area contributed by atoms with Crippen LogP contribution < -0.4 is 11.1 Å². The van der Waals surface area contributed by atoms with E-state index >= 15 is 0 Å². The summed E-state index contributed by atoms with van der Waals surface area (Å²) in [5.41, 5.74) is 9.21. The minimum absolute atomic E-state index is 0.262. The molecule has 0 unspecified atom stereocenters. The van der Waals surface area contributed by atoms with Crippen LogP contribution in [0.5, 0.6) is 0 Å². The molecule has 192 valence electrons. The highest BCUT2D eigenvalue weighted by Gasteiger charge is 2.11. The maximum absolute atomic E-state index is 13.6. The highest BCUT2D eigenvalue weighted by atomic mass is 19.1. The number of hydrogen-bond acceptors (Lipinski definition) is 9. The molecule has 2 aromatic carbocycles. The monoisotopic (exact) mass is 504 g/mol. The number of fused-ring (bicyclic) bond motifs is 1. The van der Waals surface area contributed by atoms with Crippen LogP contribution >= 0.6 is 0 Å². The van der Waals surface area contributed by atoms with Gasteiger partial charge in [-0.25, -0.2) is 14.4 Å². The first-order valence-electron chi connectivity index (χ1n) is 12.2. The largest absolute Gasteiger partial charge is 0.396 e. The lowest BCUT2D eigenvalue weighted by Crippen LogP contribution is -2.37. The van der Waals surface area contributed by atoms with E-state index in [0.29, 0.717) is 30.4 Å². The summed E-state index contributed by atoms with van der Waals surface area (Å²) in [5.74, 6) is 0.545. The lowest BCUT2D eigenvalue weighted by molar-refractivity contribution is 0.0323. The van der Waals surface area contributed by atoms with Crippen molar-refractivity contribution in [1.29, 1.82) is 0 Å². The van der Waals surface area contributed by atoms with Crippen molar-refractivity contribution in [3.63, 3.8) is 0 Å². The van der Waals surface area contributed by atoms with Crippen molar-refractivity contribution < 1.29 is 14.0 Å². The Kier molecular flexibility index (Phi) is 7.82. The number of anilines is 3. The molecule has 0 amide bonds. The third kappa shape index (κ3) is 6.38. The SMILES string of the molecule is Nc1ncnc(Nc2ccc3c(cnn3Cc3cccc(F)c3)c2)c1C=NOCCCN1CCOCC1. The predicted molar refractivity (Wildman–Crippen MR) is 140 cm³/mol. The first kappa shape index (κ1) is 24.6. The number of oxime groups is 1. The molecule has 0 atom stereocenters. The Morgan fingerprint density at radius 3 is 2.92 bits per heavy atom. The first-order chi connectivity index (χ1) is 18.2. The summed E-state index contributed by atoms with van der Waals surface area (Å²) >= 11 is 0. The van der Waals surface area contributed by atoms with E-state index in [1.807, 2.05) is 28.9 Å². The number of aromatic nitrogens is 4. The van der Waals surface area contributed by atoms with Crippen LogP contribution in [0, 0.1) is 5.82 Å². The van der Waals surface area contributed by atoms with Crippen LogP contribution in [0.2, 0.25) is 0 Å². The van der Waals surface area contributed by atoms with Crippen LogP contribution in [0.15, 0.2) is 60.1 Å². The number of nitrogen functional groups attached to an aromatic ring is 1. The number of nitrogens with zero attached hydrogens (tertiary/aromatic N) is 6. The van der Waals surface area contributed by atoms with Gasteiger partial charge >= 0.3 is 0 Å². The van der Waals surface area contributed by atoms with Crippen LogP contribution in [0.3, 0.4) is 0 Å². The molecule has 0 bridgehead atoms. The van der Waals surface area contributed by atoms with Crippen molar-refractivity contribution in [2.75, 3.05) is 50.5 Å². The fourth-order valence-corrected chi connectivity index (χ4v) is 4.19. The predicted octanol–water partition coefficient (Wildman–Crippen LogP) is 3.41. The van der Waals surface area contributed by atoms with Crippen LogP contribution in [0.25, 0.3) is 10.9 Å². The minimum Gasteiger partial charge on any atom is -0.396 e. The molecule has 3 N–H and O–H groups in total. The van der Waals surface area contributed by atoms with Gasteiger partial charge in [0.1, 0.15) is 30.4 Å². The summed E-state index contributed by atoms with van der Waals surface area (Å²) in [4.78, 5) is 16.2. The second kappa shape index (κ2) is 11.8. The highest BCUT2D eigenvalue weighted by molar-refractivity contribution is 5.93. The summed E-state index contributed by atoms with van der Waals surface area (Å²) in [7, 11) is 0. The van der Waals surface area contributed by atoms with Crippen molar-refractivity contribution in [2.24, 2.45) is 5.16 Å². The quantitative estimate of drug-likeness (QED) is 0.192. The topological polar surface area (TPSA) is 116 Å². The lowest BCUT2D eigenvalue weighted by atomic mass is 10.2. The van der Waals surface area contributed by atoms with Gasteiger partial charge in [0.15, 0.2) is 0 Å². The van der Waals surface area contributed by atoms with E-state index in [1.165, 1.54) is 24.7 Å². The van der Waals surface area contributed by atoms with Crippen LogP contribution in [0.1, 0.15) is 17.5 Å². The molecule has 0 spiro atoms. The lowest BCUT2D eigenvalue weighted by Gasteiger charge is -2.26. The summed E-state index contributed by atoms with van der Waals surface area (Å²) in [5, 5.41) is 12.8. The van der Waals surface area contributed by atoms with Gasteiger partial charge in [-0.05, 0) is 42.3 Å². The molecule has 1 saturated heterocycles. The number of benzene rings is 2. The summed E-state index contributed by atoms with van der Waals surface area (Å²) in [6, 6.07) is 12.4. The summed E-state index contributed by atoms with van der Waals surface area (Å²) in [6.07, 6.45) is 5.58.